The molecule has 0 bridgehead atoms. The van der Waals surface area contributed by atoms with Crippen molar-refractivity contribution in [3.05, 3.63) is 63.2 Å². The maximum absolute atomic E-state index is 12.2. The van der Waals surface area contributed by atoms with Crippen LogP contribution in [0.15, 0.2) is 39.5 Å². The van der Waals surface area contributed by atoms with Crippen LogP contribution in [-0.2, 0) is 12.8 Å². The lowest BCUT2D eigenvalue weighted by Crippen LogP contribution is -2.44. The Morgan fingerprint density at radius 3 is 2.33 bits per heavy atom. The number of aliphatic hydroxyl groups excluding tert-OH is 4. The van der Waals surface area contributed by atoms with E-state index >= 15 is 0 Å². The molecule has 1 heterocycles. The third kappa shape index (κ3) is 2.83. The molecule has 4 atom stereocenters. The van der Waals surface area contributed by atoms with Crippen LogP contribution in [0, 0.1) is 0 Å². The minimum absolute atomic E-state index is 0.131. The molecule has 128 valence electrons. The van der Waals surface area contributed by atoms with Gasteiger partial charge in [-0.05, 0) is 18.1 Å². The van der Waals surface area contributed by atoms with Crippen LogP contribution < -0.4 is 5.43 Å². The Morgan fingerprint density at radius 2 is 1.62 bits per heavy atom. The van der Waals surface area contributed by atoms with Crippen LogP contribution in [-0.4, -0.2) is 37.7 Å². The number of phenolic OH excluding ortho intramolecular Hbond substituents is 1. The van der Waals surface area contributed by atoms with E-state index in [0.717, 1.165) is 0 Å². The molecule has 1 aromatic carbocycles. The summed E-state index contributed by atoms with van der Waals surface area (Å²) in [5, 5.41) is 49.1. The molecule has 0 saturated carbocycles. The van der Waals surface area contributed by atoms with Crippen molar-refractivity contribution in [2.45, 2.75) is 37.3 Å². The molecule has 0 fully saturated rings. The van der Waals surface area contributed by atoms with Gasteiger partial charge in [0.1, 0.15) is 41.7 Å². The second-order valence-electron chi connectivity index (χ2n) is 5.85. The Morgan fingerprint density at radius 1 is 0.958 bits per heavy atom. The van der Waals surface area contributed by atoms with Gasteiger partial charge in [-0.2, -0.15) is 0 Å². The summed E-state index contributed by atoms with van der Waals surface area (Å²) in [6, 6.07) is 7.94. The van der Waals surface area contributed by atoms with E-state index in [1.807, 2.05) is 0 Å². The lowest BCUT2D eigenvalue weighted by molar-refractivity contribution is -0.128. The van der Waals surface area contributed by atoms with Crippen LogP contribution >= 0.6 is 0 Å². The lowest BCUT2D eigenvalue weighted by Gasteiger charge is -2.32. The molecule has 0 radical (unpaired) electrons. The number of hydrogen-bond acceptors (Lipinski definition) is 7. The van der Waals surface area contributed by atoms with E-state index < -0.39 is 29.8 Å². The maximum Gasteiger partial charge on any atom is 0.191 e. The van der Waals surface area contributed by atoms with E-state index in [1.54, 1.807) is 24.3 Å². The van der Waals surface area contributed by atoms with Gasteiger partial charge in [0.15, 0.2) is 5.43 Å². The van der Waals surface area contributed by atoms with Crippen LogP contribution in [0.1, 0.15) is 34.9 Å². The molecule has 24 heavy (non-hydrogen) atoms. The van der Waals surface area contributed by atoms with Crippen LogP contribution in [0.2, 0.25) is 0 Å². The Bertz CT molecular complexity index is 798. The summed E-state index contributed by atoms with van der Waals surface area (Å²) in [5.41, 5.74) is -0.151. The summed E-state index contributed by atoms with van der Waals surface area (Å²) in [6.07, 6.45) is -5.86. The average Bonchev–Trinajstić information content (AvgIpc) is 2.57. The maximum atomic E-state index is 12.2. The minimum atomic E-state index is -1.66. The van der Waals surface area contributed by atoms with Crippen molar-refractivity contribution in [1.82, 2.24) is 0 Å². The first-order chi connectivity index (χ1) is 11.4. The number of aliphatic hydroxyl groups is 4. The number of aryl methyl sites for hydroxylation is 2. The average molecular weight is 334 g/mol. The Hall–Kier alpha value is -2.19. The summed E-state index contributed by atoms with van der Waals surface area (Å²) >= 11 is 0. The minimum Gasteiger partial charge on any atom is -0.508 e. The zero-order chi connectivity index (χ0) is 17.4. The molecular weight excluding hydrogens is 316 g/mol. The second kappa shape index (κ2) is 6.37. The molecule has 2 unspecified atom stereocenters. The SMILES string of the molecule is O=c1cc(CCc2ccccc2O)oc2c1C(O)[C@@H](O)[C@@H](O)C2O. The van der Waals surface area contributed by atoms with E-state index in [4.69, 9.17) is 4.42 Å². The number of phenols is 1. The summed E-state index contributed by atoms with van der Waals surface area (Å²) < 4.78 is 5.48. The third-order valence-electron chi connectivity index (χ3n) is 4.26. The van der Waals surface area contributed by atoms with E-state index in [2.05, 4.69) is 0 Å². The predicted molar refractivity (Wildman–Crippen MR) is 82.4 cm³/mol. The molecule has 0 amide bonds. The fraction of sp³-hybridized carbons (Fsp3) is 0.353. The molecule has 0 aliphatic heterocycles. The highest BCUT2D eigenvalue weighted by Crippen LogP contribution is 2.35. The van der Waals surface area contributed by atoms with Crippen LogP contribution in [0.5, 0.6) is 5.75 Å². The molecule has 1 aliphatic rings. The van der Waals surface area contributed by atoms with Crippen molar-refractivity contribution in [3.8, 4) is 5.75 Å². The van der Waals surface area contributed by atoms with E-state index in [9.17, 15) is 30.3 Å². The largest absolute Gasteiger partial charge is 0.508 e. The summed E-state index contributed by atoms with van der Waals surface area (Å²) in [4.78, 5) is 12.2. The molecule has 0 spiro atoms. The molecule has 0 saturated heterocycles. The standard InChI is InChI=1S/C17H18O7/c18-10-4-2-1-3-8(10)5-6-9-7-11(19)12-13(20)14(21)15(22)16(23)17(12)24-9/h1-4,7,13-16,18,20-23H,5-6H2/t13?,14-,15-,16?/m1/s1. The van der Waals surface area contributed by atoms with Gasteiger partial charge in [0, 0.05) is 12.5 Å². The number of hydrogen-bond donors (Lipinski definition) is 5. The highest BCUT2D eigenvalue weighted by Gasteiger charge is 2.43. The van der Waals surface area contributed by atoms with Crippen LogP contribution in [0.25, 0.3) is 0 Å². The Kier molecular flexibility index (Phi) is 4.42. The highest BCUT2D eigenvalue weighted by molar-refractivity contribution is 5.33. The smallest absolute Gasteiger partial charge is 0.191 e. The molecule has 3 rings (SSSR count). The fourth-order valence-corrected chi connectivity index (χ4v) is 2.88. The fourth-order valence-electron chi connectivity index (χ4n) is 2.88. The van der Waals surface area contributed by atoms with Crippen molar-refractivity contribution in [3.63, 3.8) is 0 Å². The summed E-state index contributed by atoms with van der Waals surface area (Å²) in [5.74, 6) is 0.142. The first-order valence-electron chi connectivity index (χ1n) is 7.56. The van der Waals surface area contributed by atoms with Gasteiger partial charge in [0.05, 0.1) is 5.56 Å². The molecule has 7 heteroatoms. The van der Waals surface area contributed by atoms with Gasteiger partial charge < -0.3 is 29.9 Å². The zero-order valence-corrected chi connectivity index (χ0v) is 12.7. The molecule has 5 N–H and O–H groups in total. The van der Waals surface area contributed by atoms with Crippen molar-refractivity contribution in [1.29, 1.82) is 0 Å². The van der Waals surface area contributed by atoms with Gasteiger partial charge in [0.25, 0.3) is 0 Å². The van der Waals surface area contributed by atoms with E-state index in [-0.39, 0.29) is 29.3 Å². The van der Waals surface area contributed by atoms with E-state index in [0.29, 0.717) is 12.0 Å². The molecule has 2 aromatic rings. The topological polar surface area (TPSA) is 131 Å². The molecule has 1 aromatic heterocycles. The Labute approximate surface area is 137 Å². The Balaban J connectivity index is 1.91. The lowest BCUT2D eigenvalue weighted by atomic mass is 9.87. The molecular formula is C17H18O7. The normalized spacial score (nSPS) is 26.2. The van der Waals surface area contributed by atoms with Gasteiger partial charge >= 0.3 is 0 Å². The molecule has 7 nitrogen and oxygen atoms in total. The zero-order valence-electron chi connectivity index (χ0n) is 12.7. The quantitative estimate of drug-likeness (QED) is 0.531. The number of aromatic hydroxyl groups is 1. The molecule has 1 aliphatic carbocycles. The summed E-state index contributed by atoms with van der Waals surface area (Å²) in [6.45, 7) is 0. The van der Waals surface area contributed by atoms with Gasteiger partial charge in [-0.1, -0.05) is 18.2 Å². The van der Waals surface area contributed by atoms with Crippen molar-refractivity contribution in [2.75, 3.05) is 0 Å². The number of para-hydroxylation sites is 1. The van der Waals surface area contributed by atoms with E-state index in [1.165, 1.54) is 6.07 Å². The van der Waals surface area contributed by atoms with Crippen LogP contribution in [0.3, 0.4) is 0 Å². The number of rotatable bonds is 3. The van der Waals surface area contributed by atoms with Gasteiger partial charge in [-0.3, -0.25) is 4.79 Å². The monoisotopic (exact) mass is 334 g/mol. The van der Waals surface area contributed by atoms with Crippen LogP contribution in [0.4, 0.5) is 0 Å². The predicted octanol–water partition coefficient (Wildman–Crippen LogP) is -0.0672. The van der Waals surface area contributed by atoms with Crippen molar-refractivity contribution in [2.24, 2.45) is 0 Å². The van der Waals surface area contributed by atoms with Gasteiger partial charge in [-0.25, -0.2) is 0 Å². The number of fused-ring (bicyclic) bond motifs is 1. The van der Waals surface area contributed by atoms with Crippen molar-refractivity contribution < 1.29 is 29.9 Å². The van der Waals surface area contributed by atoms with Crippen molar-refractivity contribution >= 4 is 0 Å². The summed E-state index contributed by atoms with van der Waals surface area (Å²) in [7, 11) is 0. The van der Waals surface area contributed by atoms with Gasteiger partial charge in [-0.15, -0.1) is 0 Å². The van der Waals surface area contributed by atoms with Gasteiger partial charge in [0.2, 0.25) is 0 Å². The number of benzene rings is 1. The second-order valence-corrected chi connectivity index (χ2v) is 5.85. The third-order valence-corrected chi connectivity index (χ3v) is 4.26. The highest BCUT2D eigenvalue weighted by atomic mass is 16.4. The first-order valence-corrected chi connectivity index (χ1v) is 7.56. The first kappa shape index (κ1) is 16.7.